The lowest BCUT2D eigenvalue weighted by Gasteiger charge is -2.33. The average Bonchev–Trinajstić information content (AvgIpc) is 3.16. The molecule has 0 radical (unpaired) electrons. The number of aromatic nitrogens is 2. The Bertz CT molecular complexity index is 1300. The molecule has 5 rings (SSSR count). The average molecular weight is 461 g/mol. The normalized spacial score (nSPS) is 16.3. The number of rotatable bonds is 4. The molecule has 0 saturated heterocycles. The molecular formula is C27H28N2OS2. The molecule has 164 valence electrons. The minimum atomic E-state index is 0.0727. The van der Waals surface area contributed by atoms with E-state index in [-0.39, 0.29) is 11.0 Å². The van der Waals surface area contributed by atoms with Gasteiger partial charge in [-0.2, -0.15) is 0 Å². The molecule has 2 aromatic heterocycles. The van der Waals surface area contributed by atoms with Crippen LogP contribution in [0.5, 0.6) is 0 Å². The maximum Gasteiger partial charge on any atom is 0.267 e. The number of para-hydroxylation sites is 1. The molecule has 0 spiro atoms. The highest BCUT2D eigenvalue weighted by atomic mass is 32.2. The Morgan fingerprint density at radius 1 is 1.06 bits per heavy atom. The second-order valence-corrected chi connectivity index (χ2v) is 11.7. The molecule has 0 amide bonds. The molecule has 32 heavy (non-hydrogen) atoms. The van der Waals surface area contributed by atoms with Gasteiger partial charge in [0.2, 0.25) is 0 Å². The molecule has 0 saturated carbocycles. The highest BCUT2D eigenvalue weighted by Gasteiger charge is 2.32. The van der Waals surface area contributed by atoms with E-state index in [1.165, 1.54) is 16.0 Å². The topological polar surface area (TPSA) is 34.9 Å². The molecule has 0 bridgehead atoms. The summed E-state index contributed by atoms with van der Waals surface area (Å²) in [4.78, 5) is 21.2. The second kappa shape index (κ2) is 8.53. The van der Waals surface area contributed by atoms with Crippen molar-refractivity contribution in [2.45, 2.75) is 50.9 Å². The molecule has 1 atom stereocenters. The van der Waals surface area contributed by atoms with Gasteiger partial charge in [-0.05, 0) is 53.9 Å². The standard InChI is InChI=1S/C27H28N2OS2/c1-27(2,3)19-14-15-21-22(16-19)32-24-23(21)25(30)29(20-12-8-5-9-13-20)26(28-24)31-17-18-10-6-4-7-11-18/h4-13,19H,14-17H2,1-3H3/t19-/m1/s1. The number of thiophene rings is 1. The lowest BCUT2D eigenvalue weighted by atomic mass is 9.72. The van der Waals surface area contributed by atoms with Crippen molar-refractivity contribution in [1.82, 2.24) is 9.55 Å². The predicted octanol–water partition coefficient (Wildman–Crippen LogP) is 6.89. The number of nitrogens with zero attached hydrogens (tertiary/aromatic N) is 2. The minimum Gasteiger partial charge on any atom is -0.268 e. The summed E-state index contributed by atoms with van der Waals surface area (Å²) in [6, 6.07) is 20.3. The third kappa shape index (κ3) is 4.04. The summed E-state index contributed by atoms with van der Waals surface area (Å²) in [6.45, 7) is 6.98. The van der Waals surface area contributed by atoms with Crippen molar-refractivity contribution in [3.8, 4) is 5.69 Å². The molecule has 0 unspecified atom stereocenters. The van der Waals surface area contributed by atoms with Crippen molar-refractivity contribution in [2.75, 3.05) is 0 Å². The second-order valence-electron chi connectivity index (χ2n) is 9.63. The van der Waals surface area contributed by atoms with Gasteiger partial charge in [0.25, 0.3) is 5.56 Å². The zero-order valence-electron chi connectivity index (χ0n) is 18.8. The minimum absolute atomic E-state index is 0.0727. The molecule has 4 aromatic rings. The van der Waals surface area contributed by atoms with Crippen LogP contribution < -0.4 is 5.56 Å². The Kier molecular flexibility index (Phi) is 5.72. The van der Waals surface area contributed by atoms with Gasteiger partial charge in [0.15, 0.2) is 5.16 Å². The van der Waals surface area contributed by atoms with E-state index in [9.17, 15) is 4.79 Å². The Morgan fingerprint density at radius 3 is 2.44 bits per heavy atom. The Hall–Kier alpha value is -2.37. The number of benzene rings is 2. The zero-order valence-corrected chi connectivity index (χ0v) is 20.4. The number of thioether (sulfide) groups is 1. The molecular weight excluding hydrogens is 432 g/mol. The Labute approximate surface area is 197 Å². The monoisotopic (exact) mass is 460 g/mol. The Morgan fingerprint density at radius 2 is 1.75 bits per heavy atom. The predicted molar refractivity (Wildman–Crippen MR) is 136 cm³/mol. The molecule has 0 aliphatic heterocycles. The van der Waals surface area contributed by atoms with Crippen LogP contribution in [-0.4, -0.2) is 9.55 Å². The van der Waals surface area contributed by atoms with E-state index < -0.39 is 0 Å². The fourth-order valence-corrected chi connectivity index (χ4v) is 6.88. The van der Waals surface area contributed by atoms with Crippen LogP contribution in [0.15, 0.2) is 70.6 Å². The summed E-state index contributed by atoms with van der Waals surface area (Å²) in [6.07, 6.45) is 3.16. The maximum atomic E-state index is 13.9. The van der Waals surface area contributed by atoms with Gasteiger partial charge in [0.1, 0.15) is 4.83 Å². The molecule has 1 aliphatic rings. The summed E-state index contributed by atoms with van der Waals surface area (Å²) >= 11 is 3.37. The number of fused-ring (bicyclic) bond motifs is 3. The molecule has 2 heterocycles. The van der Waals surface area contributed by atoms with Crippen LogP contribution in [0.3, 0.4) is 0 Å². The van der Waals surface area contributed by atoms with Crippen LogP contribution in [0.4, 0.5) is 0 Å². The lowest BCUT2D eigenvalue weighted by molar-refractivity contribution is 0.218. The van der Waals surface area contributed by atoms with Gasteiger partial charge in [-0.15, -0.1) is 11.3 Å². The first-order valence-electron chi connectivity index (χ1n) is 11.2. The van der Waals surface area contributed by atoms with Crippen LogP contribution >= 0.6 is 23.1 Å². The van der Waals surface area contributed by atoms with Crippen LogP contribution in [0.2, 0.25) is 0 Å². The summed E-state index contributed by atoms with van der Waals surface area (Å²) < 4.78 is 1.82. The lowest BCUT2D eigenvalue weighted by Crippen LogP contribution is -2.27. The van der Waals surface area contributed by atoms with Gasteiger partial charge in [-0.3, -0.25) is 9.36 Å². The van der Waals surface area contributed by atoms with Crippen molar-refractivity contribution in [1.29, 1.82) is 0 Å². The smallest absolute Gasteiger partial charge is 0.267 e. The van der Waals surface area contributed by atoms with Crippen molar-refractivity contribution in [3.05, 3.63) is 87.0 Å². The van der Waals surface area contributed by atoms with Gasteiger partial charge in [0.05, 0.1) is 11.1 Å². The van der Waals surface area contributed by atoms with Crippen LogP contribution in [0.25, 0.3) is 15.9 Å². The molecule has 2 aromatic carbocycles. The zero-order chi connectivity index (χ0) is 22.3. The van der Waals surface area contributed by atoms with E-state index in [0.717, 1.165) is 46.1 Å². The van der Waals surface area contributed by atoms with Crippen LogP contribution in [0, 0.1) is 11.3 Å². The van der Waals surface area contributed by atoms with Crippen molar-refractivity contribution < 1.29 is 0 Å². The maximum absolute atomic E-state index is 13.9. The van der Waals surface area contributed by atoms with Crippen molar-refractivity contribution in [2.24, 2.45) is 11.3 Å². The number of hydrogen-bond donors (Lipinski definition) is 0. The van der Waals surface area contributed by atoms with E-state index >= 15 is 0 Å². The Balaban J connectivity index is 1.63. The van der Waals surface area contributed by atoms with Gasteiger partial charge < -0.3 is 0 Å². The van der Waals surface area contributed by atoms with Gasteiger partial charge >= 0.3 is 0 Å². The largest absolute Gasteiger partial charge is 0.268 e. The first-order chi connectivity index (χ1) is 15.4. The van der Waals surface area contributed by atoms with Gasteiger partial charge in [0, 0.05) is 10.6 Å². The van der Waals surface area contributed by atoms with E-state index in [0.29, 0.717) is 5.92 Å². The SMILES string of the molecule is CC(C)(C)[C@@H]1CCc2c(sc3nc(SCc4ccccc4)n(-c4ccccc4)c(=O)c23)C1. The highest BCUT2D eigenvalue weighted by molar-refractivity contribution is 7.98. The van der Waals surface area contributed by atoms with E-state index in [4.69, 9.17) is 4.98 Å². The highest BCUT2D eigenvalue weighted by Crippen LogP contribution is 2.42. The molecule has 0 fully saturated rings. The summed E-state index contributed by atoms with van der Waals surface area (Å²) in [5, 5.41) is 1.61. The summed E-state index contributed by atoms with van der Waals surface area (Å²) in [5.74, 6) is 1.43. The van der Waals surface area contributed by atoms with Crippen LogP contribution in [-0.2, 0) is 18.6 Å². The van der Waals surface area contributed by atoms with Gasteiger partial charge in [-0.25, -0.2) is 4.98 Å². The molecule has 5 heteroatoms. The van der Waals surface area contributed by atoms with Gasteiger partial charge in [-0.1, -0.05) is 81.1 Å². The third-order valence-electron chi connectivity index (χ3n) is 6.50. The number of hydrogen-bond acceptors (Lipinski definition) is 4. The molecule has 3 nitrogen and oxygen atoms in total. The first kappa shape index (κ1) is 21.5. The summed E-state index contributed by atoms with van der Waals surface area (Å²) in [5.41, 5.74) is 3.70. The molecule has 0 N–H and O–H groups in total. The first-order valence-corrected chi connectivity index (χ1v) is 13.0. The fourth-order valence-electron chi connectivity index (χ4n) is 4.57. The van der Waals surface area contributed by atoms with E-state index in [1.54, 1.807) is 23.1 Å². The van der Waals surface area contributed by atoms with Crippen molar-refractivity contribution >= 4 is 33.3 Å². The van der Waals surface area contributed by atoms with Crippen LogP contribution in [0.1, 0.15) is 43.2 Å². The van der Waals surface area contributed by atoms with E-state index in [2.05, 4.69) is 45.0 Å². The molecule has 1 aliphatic carbocycles. The van der Waals surface area contributed by atoms with E-state index in [1.807, 2.05) is 41.0 Å². The number of aryl methyl sites for hydroxylation is 1. The quantitative estimate of drug-likeness (QED) is 0.246. The van der Waals surface area contributed by atoms with Crippen molar-refractivity contribution in [3.63, 3.8) is 0 Å². The third-order valence-corrected chi connectivity index (χ3v) is 8.66. The summed E-state index contributed by atoms with van der Waals surface area (Å²) in [7, 11) is 0. The fraction of sp³-hybridized carbons (Fsp3) is 0.333.